The van der Waals surface area contributed by atoms with Gasteiger partial charge in [-0.15, -0.1) is 0 Å². The van der Waals surface area contributed by atoms with Crippen LogP contribution < -0.4 is 0 Å². The summed E-state index contributed by atoms with van der Waals surface area (Å²) in [6.45, 7) is 0. The molecule has 0 spiro atoms. The molecule has 0 amide bonds. The Morgan fingerprint density at radius 1 is 0.176 bits per heavy atom. The van der Waals surface area contributed by atoms with E-state index in [-0.39, 0.29) is 239 Å². The van der Waals surface area contributed by atoms with E-state index in [1.165, 1.54) is 0 Å². The summed E-state index contributed by atoms with van der Waals surface area (Å²) in [5.41, 5.74) is 0. The van der Waals surface area contributed by atoms with Crippen LogP contribution in [0.5, 0.6) is 0 Å². The molecule has 106 valence electrons. The smallest absolute Gasteiger partial charge is 3.00 e. The first kappa shape index (κ1) is 200. The summed E-state index contributed by atoms with van der Waals surface area (Å²) in [5.74, 6) is 0. The number of hydrogen-bond donors (Lipinski definition) is 0. The summed E-state index contributed by atoms with van der Waals surface area (Å²) in [6, 6.07) is 0. The number of rotatable bonds is 0. The molecular weight excluding hydrogens is 1170 g/mol. The fourth-order valence-electron chi connectivity index (χ4n) is 0. The average molecular weight is 1170 g/mol. The van der Waals surface area contributed by atoms with E-state index in [1.54, 1.807) is 0 Å². The molecule has 0 unspecified atom stereocenters. The van der Waals surface area contributed by atoms with Crippen LogP contribution in [0.4, 0.5) is 0 Å². The van der Waals surface area contributed by atoms with Crippen molar-refractivity contribution in [2.45, 2.75) is 0 Å². The molecule has 0 aromatic heterocycles. The topological polar surface area (TPSA) is 0 Å². The molecule has 0 heterocycles. The second-order valence-corrected chi connectivity index (χ2v) is 0. The average Bonchev–Trinajstić information content (AvgIpc) is 0. The van der Waals surface area contributed by atoms with Gasteiger partial charge in [-0.2, -0.15) is 0 Å². The molecule has 0 N–H and O–H groups in total. The van der Waals surface area contributed by atoms with E-state index in [4.69, 9.17) is 0 Å². The normalized spacial score (nSPS) is 0. The van der Waals surface area contributed by atoms with E-state index >= 15 is 0 Å². The molecule has 0 aliphatic heterocycles. The second kappa shape index (κ2) is 178. The Labute approximate surface area is 235 Å². The van der Waals surface area contributed by atoms with Crippen LogP contribution in [0.3, 0.4) is 0 Å². The van der Waals surface area contributed by atoms with E-state index in [1.807, 2.05) is 0 Å². The first-order valence-corrected chi connectivity index (χ1v) is 0. The van der Waals surface area contributed by atoms with Crippen molar-refractivity contribution in [3.63, 3.8) is 0 Å². The van der Waals surface area contributed by atoms with E-state index in [9.17, 15) is 0 Å². The maximum Gasteiger partial charge on any atom is 5.00 e. The van der Waals surface area contributed by atoms with Crippen molar-refractivity contribution in [1.29, 1.82) is 0 Å². The molecule has 0 rings (SSSR count). The molecule has 0 radical (unpaired) electrons. The summed E-state index contributed by atoms with van der Waals surface area (Å²) >= 11 is 0. The molecular formula is Mo3P11Ta3-18. The van der Waals surface area contributed by atoms with Gasteiger partial charge in [-0.05, 0) is 0 Å². The zero-order chi connectivity index (χ0) is 0. The van der Waals surface area contributed by atoms with E-state index in [2.05, 4.69) is 0 Å². The largest absolute Gasteiger partial charge is 5.00 e. The van der Waals surface area contributed by atoms with Crippen molar-refractivity contribution in [2.24, 2.45) is 0 Å². The fraction of sp³-hybridized carbons (Fsp3) is 0. The van der Waals surface area contributed by atoms with Crippen LogP contribution in [0.15, 0.2) is 0 Å². The summed E-state index contributed by atoms with van der Waals surface area (Å²) < 4.78 is 0. The van der Waals surface area contributed by atoms with Gasteiger partial charge in [-0.25, -0.2) is 0 Å². The van der Waals surface area contributed by atoms with Gasteiger partial charge in [-0.1, -0.05) is 0 Å². The van der Waals surface area contributed by atoms with Gasteiger partial charge >= 0.3 is 67.1 Å². The van der Waals surface area contributed by atoms with Gasteiger partial charge in [0.2, 0.25) is 0 Å². The van der Waals surface area contributed by atoms with E-state index in [0.717, 1.165) is 0 Å². The van der Waals surface area contributed by atoms with Gasteiger partial charge in [0, 0.05) is 63.2 Å². The third-order valence-corrected chi connectivity index (χ3v) is 0. The fourth-order valence-corrected chi connectivity index (χ4v) is 0. The third-order valence-electron chi connectivity index (χ3n) is 0. The molecule has 0 aliphatic rings. The molecule has 17 heteroatoms. The standard InChI is InChI=1S/3Mo.11P.3Ta/q;;;11*-3;3*+5. The quantitative estimate of drug-likeness (QED) is 0.168. The Bertz CT molecular complexity index is 21.9. The van der Waals surface area contributed by atoms with Crippen molar-refractivity contribution in [3.8, 4) is 0 Å². The summed E-state index contributed by atoms with van der Waals surface area (Å²) in [4.78, 5) is 0. The van der Waals surface area contributed by atoms with Crippen molar-refractivity contribution >= 4 is 109 Å². The maximum absolute atomic E-state index is 0. The molecule has 0 aromatic carbocycles. The maximum atomic E-state index is 0. The van der Waals surface area contributed by atoms with Crippen molar-refractivity contribution in [2.75, 3.05) is 0 Å². The predicted molar refractivity (Wildman–Crippen MR) is 76.1 cm³/mol. The minimum atomic E-state index is 0. The molecule has 0 saturated carbocycles. The van der Waals surface area contributed by atoms with Crippen LogP contribution in [0.2, 0.25) is 0 Å². The molecule has 0 fully saturated rings. The Kier molecular flexibility index (Phi) is 2090. The monoisotopic (exact) mass is 1180 g/mol. The predicted octanol–water partition coefficient (Wildman–Crippen LogP) is 9.46. The zero-order valence-corrected chi connectivity index (χ0v) is 33.0. The van der Waals surface area contributed by atoms with Gasteiger partial charge in [-0.3, -0.25) is 0 Å². The Morgan fingerprint density at radius 3 is 0.176 bits per heavy atom. The molecule has 0 saturated heterocycles. The summed E-state index contributed by atoms with van der Waals surface area (Å²) in [7, 11) is 0. The van der Waals surface area contributed by atoms with Gasteiger partial charge in [0.1, 0.15) is 0 Å². The van der Waals surface area contributed by atoms with Gasteiger partial charge in [0.15, 0.2) is 0 Å². The molecule has 0 aromatic rings. The van der Waals surface area contributed by atoms with E-state index in [0.29, 0.717) is 0 Å². The molecule has 0 nitrogen and oxygen atoms in total. The SMILES string of the molecule is [Mo].[Mo].[Mo].[P-3].[P-3].[P-3].[P-3].[P-3].[P-3].[P-3].[P-3].[P-3].[P-3].[P-3].[Ta+5].[Ta+5].[Ta+5]. The van der Waals surface area contributed by atoms with Gasteiger partial charge in [0.05, 0.1) is 0 Å². The molecule has 17 heavy (non-hydrogen) atoms. The van der Waals surface area contributed by atoms with E-state index < -0.39 is 0 Å². The van der Waals surface area contributed by atoms with Crippen molar-refractivity contribution < 1.29 is 130 Å². The Hall–Kier alpha value is 9.02. The van der Waals surface area contributed by atoms with Crippen molar-refractivity contribution in [3.05, 3.63) is 0 Å². The first-order valence-electron chi connectivity index (χ1n) is 0. The first-order chi connectivity index (χ1) is 0. The van der Waals surface area contributed by atoms with Crippen LogP contribution in [0.1, 0.15) is 0 Å². The summed E-state index contributed by atoms with van der Waals surface area (Å²) in [5, 5.41) is 0. The van der Waals surface area contributed by atoms with Crippen LogP contribution in [-0.2, 0) is 130 Å². The minimum absolute atomic E-state index is 0. The van der Waals surface area contributed by atoms with Gasteiger partial charge in [0.25, 0.3) is 0 Å². The van der Waals surface area contributed by atoms with Crippen LogP contribution in [-0.4, -0.2) is 0 Å². The molecule has 0 bridgehead atoms. The Balaban J connectivity index is 0. The van der Waals surface area contributed by atoms with Crippen LogP contribution in [0, 0.1) is 0 Å². The Morgan fingerprint density at radius 2 is 0.176 bits per heavy atom. The molecule has 0 aliphatic carbocycles. The third kappa shape index (κ3) is 163. The van der Waals surface area contributed by atoms with Crippen molar-refractivity contribution in [1.82, 2.24) is 0 Å². The van der Waals surface area contributed by atoms with Crippen LogP contribution in [0.25, 0.3) is 0 Å². The zero-order valence-electron chi connectivity index (χ0n) is 7.49. The minimum Gasteiger partial charge on any atom is -3.00 e. The molecule has 0 atom stereocenters. The second-order valence-electron chi connectivity index (χ2n) is 0. The van der Waals surface area contributed by atoms with Crippen LogP contribution >= 0.6 is 109 Å². The summed E-state index contributed by atoms with van der Waals surface area (Å²) in [6.07, 6.45) is 0. The van der Waals surface area contributed by atoms with Gasteiger partial charge < -0.3 is 109 Å². The number of hydrogen-bond acceptors (Lipinski definition) is 0.